The van der Waals surface area contributed by atoms with E-state index in [1.807, 2.05) is 12.1 Å². The monoisotopic (exact) mass is 407 g/mol. The van der Waals surface area contributed by atoms with E-state index in [0.717, 1.165) is 40.8 Å². The van der Waals surface area contributed by atoms with Crippen molar-refractivity contribution >= 4 is 28.4 Å². The summed E-state index contributed by atoms with van der Waals surface area (Å²) < 4.78 is 4.60. The van der Waals surface area contributed by atoms with Crippen LogP contribution >= 0.6 is 11.6 Å². The number of benzene rings is 2. The maximum atomic E-state index is 6.12. The summed E-state index contributed by atoms with van der Waals surface area (Å²) in [7, 11) is 0. The van der Waals surface area contributed by atoms with Gasteiger partial charge in [0.25, 0.3) is 0 Å². The minimum absolute atomic E-state index is 0.768. The molecule has 0 spiro atoms. The van der Waals surface area contributed by atoms with Crippen molar-refractivity contribution in [3.8, 4) is 11.3 Å². The summed E-state index contributed by atoms with van der Waals surface area (Å²) in [5.41, 5.74) is 4.59. The average molecular weight is 408 g/mol. The van der Waals surface area contributed by atoms with E-state index in [1.165, 1.54) is 49.9 Å². The number of aryl methyl sites for hydroxylation is 1. The summed E-state index contributed by atoms with van der Waals surface area (Å²) in [5, 5.41) is 3.34. The van der Waals surface area contributed by atoms with E-state index in [9.17, 15) is 0 Å². The van der Waals surface area contributed by atoms with Gasteiger partial charge in [0.05, 0.1) is 29.3 Å². The molecule has 5 heteroatoms. The molecule has 0 atom stereocenters. The van der Waals surface area contributed by atoms with Crippen LogP contribution in [0.25, 0.3) is 28.1 Å². The molecule has 5 rings (SSSR count). The molecule has 29 heavy (non-hydrogen) atoms. The Hall–Kier alpha value is -2.30. The fourth-order valence-electron chi connectivity index (χ4n) is 4.69. The first kappa shape index (κ1) is 18.7. The van der Waals surface area contributed by atoms with Crippen molar-refractivity contribution in [1.29, 1.82) is 0 Å². The minimum Gasteiger partial charge on any atom is -0.344 e. The number of nitrogens with zero attached hydrogens (tertiary/aromatic N) is 3. The van der Waals surface area contributed by atoms with Crippen molar-refractivity contribution in [2.75, 3.05) is 6.54 Å². The summed E-state index contributed by atoms with van der Waals surface area (Å²) in [6.07, 6.45) is 10.4. The lowest BCUT2D eigenvalue weighted by Crippen LogP contribution is -2.90. The first-order valence-corrected chi connectivity index (χ1v) is 11.2. The van der Waals surface area contributed by atoms with Crippen LogP contribution in [0.4, 0.5) is 0 Å². The van der Waals surface area contributed by atoms with Gasteiger partial charge in [0.1, 0.15) is 0 Å². The highest BCUT2D eigenvalue weighted by Gasteiger charge is 2.17. The number of para-hydroxylation sites is 2. The predicted molar refractivity (Wildman–Crippen MR) is 119 cm³/mol. The quantitative estimate of drug-likeness (QED) is 0.454. The molecule has 4 nitrogen and oxygen atoms in total. The van der Waals surface area contributed by atoms with Crippen molar-refractivity contribution in [2.45, 2.75) is 51.1 Å². The summed E-state index contributed by atoms with van der Waals surface area (Å²) >= 11 is 6.12. The number of hydrogen-bond donors (Lipinski definition) is 1. The van der Waals surface area contributed by atoms with Gasteiger partial charge in [-0.1, -0.05) is 42.3 Å². The molecule has 1 fully saturated rings. The van der Waals surface area contributed by atoms with Crippen molar-refractivity contribution < 1.29 is 5.32 Å². The van der Waals surface area contributed by atoms with Crippen molar-refractivity contribution in [2.24, 2.45) is 0 Å². The van der Waals surface area contributed by atoms with E-state index < -0.39 is 0 Å². The number of nitrogens with two attached hydrogens (primary N) is 1. The van der Waals surface area contributed by atoms with Crippen molar-refractivity contribution in [3.05, 3.63) is 59.8 Å². The fourth-order valence-corrected chi connectivity index (χ4v) is 4.82. The van der Waals surface area contributed by atoms with Gasteiger partial charge >= 0.3 is 0 Å². The van der Waals surface area contributed by atoms with Gasteiger partial charge in [0, 0.05) is 24.2 Å². The number of fused-ring (bicyclic) bond motifs is 3. The Morgan fingerprint density at radius 2 is 1.79 bits per heavy atom. The highest BCUT2D eigenvalue weighted by Crippen LogP contribution is 2.27. The minimum atomic E-state index is 0.768. The zero-order chi connectivity index (χ0) is 19.6. The second kappa shape index (κ2) is 8.21. The van der Waals surface area contributed by atoms with E-state index in [0.29, 0.717) is 0 Å². The number of halogens is 1. The molecule has 0 radical (unpaired) electrons. The summed E-state index contributed by atoms with van der Waals surface area (Å²) in [4.78, 5) is 4.94. The lowest BCUT2D eigenvalue weighted by atomic mass is 9.95. The fraction of sp³-hybridized carbons (Fsp3) is 0.375. The Morgan fingerprint density at radius 1 is 1.00 bits per heavy atom. The molecular formula is C24H28ClN4+. The van der Waals surface area contributed by atoms with E-state index in [2.05, 4.69) is 56.9 Å². The molecule has 150 valence electrons. The molecule has 0 saturated heterocycles. The van der Waals surface area contributed by atoms with Gasteiger partial charge in [-0.15, -0.1) is 0 Å². The Morgan fingerprint density at radius 3 is 2.62 bits per heavy atom. The van der Waals surface area contributed by atoms with Crippen LogP contribution in [0, 0.1) is 0 Å². The molecule has 1 saturated carbocycles. The molecule has 2 N–H and O–H groups in total. The molecule has 2 aromatic carbocycles. The van der Waals surface area contributed by atoms with Crippen LogP contribution in [0.2, 0.25) is 5.02 Å². The van der Waals surface area contributed by atoms with Gasteiger partial charge < -0.3 is 9.88 Å². The van der Waals surface area contributed by atoms with E-state index >= 15 is 0 Å². The highest BCUT2D eigenvalue weighted by molar-refractivity contribution is 6.30. The zero-order valence-corrected chi connectivity index (χ0v) is 17.5. The van der Waals surface area contributed by atoms with E-state index in [-0.39, 0.29) is 0 Å². The van der Waals surface area contributed by atoms with Gasteiger partial charge in [-0.2, -0.15) is 0 Å². The lowest BCUT2D eigenvalue weighted by Gasteiger charge is -2.20. The summed E-state index contributed by atoms with van der Waals surface area (Å²) in [6.45, 7) is 2.15. The highest BCUT2D eigenvalue weighted by atomic mass is 35.5. The van der Waals surface area contributed by atoms with Crippen molar-refractivity contribution in [1.82, 2.24) is 14.0 Å². The van der Waals surface area contributed by atoms with E-state index in [1.54, 1.807) is 0 Å². The molecule has 1 aliphatic rings. The first-order valence-electron chi connectivity index (χ1n) is 10.9. The normalized spacial score (nSPS) is 15.5. The number of hydrogen-bond acceptors (Lipinski definition) is 1. The Labute approximate surface area is 176 Å². The topological polar surface area (TPSA) is 38.8 Å². The molecular weight excluding hydrogens is 380 g/mol. The third-order valence-corrected chi connectivity index (χ3v) is 6.49. The second-order valence-electron chi connectivity index (χ2n) is 8.22. The van der Waals surface area contributed by atoms with Gasteiger partial charge in [-0.25, -0.2) is 4.98 Å². The van der Waals surface area contributed by atoms with Gasteiger partial charge in [0.2, 0.25) is 5.78 Å². The maximum Gasteiger partial charge on any atom is 0.215 e. The molecule has 2 heterocycles. The van der Waals surface area contributed by atoms with Gasteiger partial charge in [-0.05, 0) is 55.5 Å². The third-order valence-electron chi connectivity index (χ3n) is 6.24. The Bertz CT molecular complexity index is 1100. The lowest BCUT2D eigenvalue weighted by molar-refractivity contribution is -0.692. The Kier molecular flexibility index (Phi) is 5.30. The maximum absolute atomic E-state index is 6.12. The molecule has 0 amide bonds. The van der Waals surface area contributed by atoms with Crippen molar-refractivity contribution in [3.63, 3.8) is 0 Å². The van der Waals surface area contributed by atoms with Crippen LogP contribution in [0.15, 0.2) is 54.7 Å². The molecule has 0 aliphatic heterocycles. The number of rotatable bonds is 6. The average Bonchev–Trinajstić information content (AvgIpc) is 3.29. The number of quaternary nitrogens is 1. The molecule has 2 aromatic heterocycles. The number of aromatic nitrogens is 3. The van der Waals surface area contributed by atoms with Gasteiger partial charge in [0.15, 0.2) is 0 Å². The summed E-state index contributed by atoms with van der Waals surface area (Å²) in [6, 6.07) is 17.3. The Balaban J connectivity index is 1.44. The number of imidazole rings is 2. The summed E-state index contributed by atoms with van der Waals surface area (Å²) in [5.74, 6) is 1.02. The molecule has 0 bridgehead atoms. The van der Waals surface area contributed by atoms with E-state index in [4.69, 9.17) is 16.6 Å². The molecule has 1 aliphatic carbocycles. The second-order valence-corrected chi connectivity index (χ2v) is 8.66. The van der Waals surface area contributed by atoms with Gasteiger partial charge in [-0.3, -0.25) is 4.40 Å². The van der Waals surface area contributed by atoms with Crippen LogP contribution in [-0.2, 0) is 6.54 Å². The van der Waals surface area contributed by atoms with Crippen LogP contribution in [0.5, 0.6) is 0 Å². The standard InChI is InChI=1S/C24H27ClN4/c25-19-13-11-18(12-14-19)23-17-29-22-10-5-4-9-21(22)27-24(29)28(23)16-6-15-26-20-7-2-1-3-8-20/h4-5,9-14,17,20,26H,1-3,6-8,15-16H2/p+1. The smallest absolute Gasteiger partial charge is 0.215 e. The van der Waals surface area contributed by atoms with Crippen LogP contribution in [0.3, 0.4) is 0 Å². The molecule has 0 unspecified atom stereocenters. The van der Waals surface area contributed by atoms with Crippen LogP contribution < -0.4 is 5.32 Å². The SMILES string of the molecule is Clc1ccc(-c2cn3c4ccccc4nc3n2CCC[NH2+]C2CCCCC2)cc1. The third kappa shape index (κ3) is 3.79. The largest absolute Gasteiger partial charge is 0.344 e. The zero-order valence-electron chi connectivity index (χ0n) is 16.7. The first-order chi connectivity index (χ1) is 14.3. The predicted octanol–water partition coefficient (Wildman–Crippen LogP) is 4.90. The van der Waals surface area contributed by atoms with Crippen LogP contribution in [-0.4, -0.2) is 26.5 Å². The molecule has 4 aromatic rings. The van der Waals surface area contributed by atoms with Crippen LogP contribution in [0.1, 0.15) is 38.5 Å².